The Hall–Kier alpha value is -1.55. The highest BCUT2D eigenvalue weighted by Crippen LogP contribution is 2.33. The van der Waals surface area contributed by atoms with Gasteiger partial charge in [0.15, 0.2) is 0 Å². The molecule has 0 radical (unpaired) electrons. The van der Waals surface area contributed by atoms with E-state index in [9.17, 15) is 9.90 Å². The smallest absolute Gasteiger partial charge is 0.217 e. The molecule has 1 heterocycles. The number of nitrogens with one attached hydrogen (secondary N) is 1. The van der Waals surface area contributed by atoms with Crippen molar-refractivity contribution in [2.45, 2.75) is 25.6 Å². The third-order valence-corrected chi connectivity index (χ3v) is 2.64. The first-order valence-electron chi connectivity index (χ1n) is 5.35. The number of fused-ring (bicyclic) bond motifs is 1. The molecule has 1 aliphatic heterocycles. The summed E-state index contributed by atoms with van der Waals surface area (Å²) in [6.07, 6.45) is -0.158. The molecule has 0 fully saturated rings. The first kappa shape index (κ1) is 11.0. The monoisotopic (exact) mass is 221 g/mol. The van der Waals surface area contributed by atoms with Crippen LogP contribution in [0.15, 0.2) is 24.3 Å². The molecule has 2 rings (SSSR count). The molecule has 0 bridgehead atoms. The van der Waals surface area contributed by atoms with Gasteiger partial charge in [-0.15, -0.1) is 0 Å². The van der Waals surface area contributed by atoms with Crippen molar-refractivity contribution in [3.05, 3.63) is 29.8 Å². The van der Waals surface area contributed by atoms with Crippen LogP contribution in [0.1, 0.15) is 25.0 Å². The standard InChI is InChI=1S/C12H15NO3/c1-8(14)13-7-9-6-11(15)10-4-2-3-5-12(10)16-9/h2-5,9,11,15H,6-7H2,1H3,(H,13,14)/t9?,11-/m1/s1. The van der Waals surface area contributed by atoms with E-state index in [2.05, 4.69) is 5.32 Å². The lowest BCUT2D eigenvalue weighted by Gasteiger charge is -2.29. The minimum absolute atomic E-state index is 0.0862. The molecule has 4 nitrogen and oxygen atoms in total. The molecule has 2 N–H and O–H groups in total. The molecule has 0 saturated carbocycles. The number of rotatable bonds is 2. The summed E-state index contributed by atoms with van der Waals surface area (Å²) in [5.41, 5.74) is 0.821. The van der Waals surface area contributed by atoms with Crippen LogP contribution in [0.3, 0.4) is 0 Å². The van der Waals surface area contributed by atoms with Crippen molar-refractivity contribution in [3.8, 4) is 5.75 Å². The number of benzene rings is 1. The van der Waals surface area contributed by atoms with Gasteiger partial charge in [-0.25, -0.2) is 0 Å². The lowest BCUT2D eigenvalue weighted by Crippen LogP contribution is -2.37. The van der Waals surface area contributed by atoms with Crippen molar-refractivity contribution < 1.29 is 14.6 Å². The van der Waals surface area contributed by atoms with Gasteiger partial charge in [-0.05, 0) is 6.07 Å². The van der Waals surface area contributed by atoms with Gasteiger partial charge in [0.25, 0.3) is 0 Å². The van der Waals surface area contributed by atoms with E-state index in [1.165, 1.54) is 6.92 Å². The summed E-state index contributed by atoms with van der Waals surface area (Å²) in [4.78, 5) is 10.8. The third-order valence-electron chi connectivity index (χ3n) is 2.64. The number of aliphatic hydroxyl groups is 1. The van der Waals surface area contributed by atoms with Crippen LogP contribution in [0.25, 0.3) is 0 Å². The Morgan fingerprint density at radius 3 is 3.06 bits per heavy atom. The fourth-order valence-corrected chi connectivity index (χ4v) is 1.85. The summed E-state index contributed by atoms with van der Waals surface area (Å²) in [6, 6.07) is 7.43. The van der Waals surface area contributed by atoms with E-state index >= 15 is 0 Å². The second kappa shape index (κ2) is 4.53. The third kappa shape index (κ3) is 2.33. The lowest BCUT2D eigenvalue weighted by atomic mass is 9.99. The van der Waals surface area contributed by atoms with Gasteiger partial charge in [-0.3, -0.25) is 4.79 Å². The number of amides is 1. The Bertz CT molecular complexity index is 392. The first-order chi connectivity index (χ1) is 7.66. The highest BCUT2D eigenvalue weighted by Gasteiger charge is 2.26. The lowest BCUT2D eigenvalue weighted by molar-refractivity contribution is -0.119. The van der Waals surface area contributed by atoms with Crippen molar-refractivity contribution >= 4 is 5.91 Å². The number of hydrogen-bond donors (Lipinski definition) is 2. The van der Waals surface area contributed by atoms with Crippen molar-refractivity contribution in [3.63, 3.8) is 0 Å². The molecule has 2 atom stereocenters. The summed E-state index contributed by atoms with van der Waals surface area (Å²) in [6.45, 7) is 1.90. The predicted molar refractivity (Wildman–Crippen MR) is 59.1 cm³/mol. The largest absolute Gasteiger partial charge is 0.488 e. The quantitative estimate of drug-likeness (QED) is 0.783. The number of carbonyl (C=O) groups excluding carboxylic acids is 1. The van der Waals surface area contributed by atoms with Crippen molar-refractivity contribution in [2.75, 3.05) is 6.54 Å². The molecule has 4 heteroatoms. The topological polar surface area (TPSA) is 58.6 Å². The van der Waals surface area contributed by atoms with Crippen LogP contribution in [0.4, 0.5) is 0 Å². The molecule has 16 heavy (non-hydrogen) atoms. The zero-order chi connectivity index (χ0) is 11.5. The summed E-state index contributed by atoms with van der Waals surface area (Å²) < 4.78 is 5.68. The van der Waals surface area contributed by atoms with E-state index in [4.69, 9.17) is 4.74 Å². The average molecular weight is 221 g/mol. The highest BCUT2D eigenvalue weighted by molar-refractivity contribution is 5.72. The van der Waals surface area contributed by atoms with Gasteiger partial charge >= 0.3 is 0 Å². The summed E-state index contributed by atoms with van der Waals surface area (Å²) >= 11 is 0. The van der Waals surface area contributed by atoms with Crippen LogP contribution in [0.2, 0.25) is 0 Å². The van der Waals surface area contributed by atoms with E-state index in [-0.39, 0.29) is 12.0 Å². The van der Waals surface area contributed by atoms with Crippen LogP contribution in [0, 0.1) is 0 Å². The average Bonchev–Trinajstić information content (AvgIpc) is 2.26. The van der Waals surface area contributed by atoms with Crippen LogP contribution in [0.5, 0.6) is 5.75 Å². The normalized spacial score (nSPS) is 23.1. The Morgan fingerprint density at radius 1 is 1.56 bits per heavy atom. The zero-order valence-electron chi connectivity index (χ0n) is 9.14. The van der Waals surface area contributed by atoms with Gasteiger partial charge in [-0.2, -0.15) is 0 Å². The maximum Gasteiger partial charge on any atom is 0.217 e. The molecule has 0 saturated heterocycles. The number of para-hydroxylation sites is 1. The van der Waals surface area contributed by atoms with Crippen molar-refractivity contribution in [1.82, 2.24) is 5.32 Å². The molecule has 1 aromatic carbocycles. The van der Waals surface area contributed by atoms with Gasteiger partial charge in [0.2, 0.25) is 5.91 Å². The van der Waals surface area contributed by atoms with Gasteiger partial charge in [0.1, 0.15) is 11.9 Å². The summed E-state index contributed by atoms with van der Waals surface area (Å²) in [5.74, 6) is 0.619. The van der Waals surface area contributed by atoms with Gasteiger partial charge in [0, 0.05) is 18.9 Å². The molecule has 0 aromatic heterocycles. The number of ether oxygens (including phenoxy) is 1. The van der Waals surface area contributed by atoms with Crippen LogP contribution in [-0.2, 0) is 4.79 Å². The SMILES string of the molecule is CC(=O)NCC1C[C@@H](O)c2ccccc2O1. The molecule has 0 aliphatic carbocycles. The molecule has 1 aliphatic rings. The van der Waals surface area contributed by atoms with E-state index in [1.807, 2.05) is 24.3 Å². The van der Waals surface area contributed by atoms with Gasteiger partial charge in [0.05, 0.1) is 12.6 Å². The summed E-state index contributed by atoms with van der Waals surface area (Å²) in [7, 11) is 0. The molecule has 0 spiro atoms. The first-order valence-corrected chi connectivity index (χ1v) is 5.35. The minimum atomic E-state index is -0.510. The van der Waals surface area contributed by atoms with Gasteiger partial charge in [-0.1, -0.05) is 18.2 Å². The molecular formula is C12H15NO3. The van der Waals surface area contributed by atoms with E-state index < -0.39 is 6.10 Å². The maximum absolute atomic E-state index is 10.8. The fourth-order valence-electron chi connectivity index (χ4n) is 1.85. The number of aliphatic hydroxyl groups excluding tert-OH is 1. The van der Waals surface area contributed by atoms with Crippen molar-refractivity contribution in [1.29, 1.82) is 0 Å². The maximum atomic E-state index is 10.8. The Kier molecular flexibility index (Phi) is 3.10. The number of hydrogen-bond acceptors (Lipinski definition) is 3. The summed E-state index contributed by atoms with van der Waals surface area (Å²) in [5, 5.41) is 12.6. The highest BCUT2D eigenvalue weighted by atomic mass is 16.5. The van der Waals surface area contributed by atoms with Crippen LogP contribution in [-0.4, -0.2) is 23.7 Å². The second-order valence-corrected chi connectivity index (χ2v) is 3.97. The predicted octanol–water partition coefficient (Wildman–Crippen LogP) is 1.01. The van der Waals surface area contributed by atoms with Gasteiger partial charge < -0.3 is 15.2 Å². The fraction of sp³-hybridized carbons (Fsp3) is 0.417. The Labute approximate surface area is 94.2 Å². The molecule has 1 amide bonds. The molecule has 1 unspecified atom stereocenters. The van der Waals surface area contributed by atoms with E-state index in [1.54, 1.807) is 0 Å². The minimum Gasteiger partial charge on any atom is -0.488 e. The molecule has 1 aromatic rings. The second-order valence-electron chi connectivity index (χ2n) is 3.97. The van der Waals surface area contributed by atoms with E-state index in [0.717, 1.165) is 5.56 Å². The zero-order valence-corrected chi connectivity index (χ0v) is 9.14. The van der Waals surface area contributed by atoms with Crippen LogP contribution >= 0.6 is 0 Å². The molecular weight excluding hydrogens is 206 g/mol. The number of carbonyl (C=O) groups is 1. The van der Waals surface area contributed by atoms with Crippen LogP contribution < -0.4 is 10.1 Å². The molecule has 86 valence electrons. The van der Waals surface area contributed by atoms with E-state index in [0.29, 0.717) is 18.7 Å². The Morgan fingerprint density at radius 2 is 2.31 bits per heavy atom. The van der Waals surface area contributed by atoms with Crippen molar-refractivity contribution in [2.24, 2.45) is 0 Å². The Balaban J connectivity index is 2.06.